The Morgan fingerprint density at radius 1 is 1.32 bits per heavy atom. The molecule has 0 saturated carbocycles. The van der Waals surface area contributed by atoms with E-state index in [9.17, 15) is 4.79 Å². The number of aryl methyl sites for hydroxylation is 1. The van der Waals surface area contributed by atoms with Crippen LogP contribution in [0.5, 0.6) is 0 Å². The summed E-state index contributed by atoms with van der Waals surface area (Å²) in [5.41, 5.74) is 1.49. The zero-order valence-electron chi connectivity index (χ0n) is 14.4. The van der Waals surface area contributed by atoms with Crippen LogP contribution in [0.4, 0.5) is 5.82 Å². The van der Waals surface area contributed by atoms with Crippen LogP contribution in [0.25, 0.3) is 0 Å². The normalized spacial score (nSPS) is 14.8. The van der Waals surface area contributed by atoms with Gasteiger partial charge in [0.15, 0.2) is 5.82 Å². The molecule has 1 fully saturated rings. The number of nitrogens with zero attached hydrogens (tertiary/aromatic N) is 6. The second kappa shape index (κ2) is 7.26. The van der Waals surface area contributed by atoms with E-state index in [4.69, 9.17) is 5.26 Å². The lowest BCUT2D eigenvalue weighted by Gasteiger charge is -2.37. The first-order valence-corrected chi connectivity index (χ1v) is 8.27. The standard InChI is InChI=1S/C18H20N6O/c1-13-14(12-19)5-6-16(21-13)18(25)24-10-7-15(8-11-24)23(2)17-4-3-9-20-22-17/h3-6,9,15H,7-8,10-11H2,1-2H3. The minimum atomic E-state index is -0.0757. The number of likely N-dealkylation sites (tertiary alicyclic amines) is 1. The molecule has 1 aliphatic rings. The first-order chi connectivity index (χ1) is 12.1. The summed E-state index contributed by atoms with van der Waals surface area (Å²) in [6, 6.07) is 9.50. The van der Waals surface area contributed by atoms with E-state index in [2.05, 4.69) is 26.2 Å². The monoisotopic (exact) mass is 336 g/mol. The maximum absolute atomic E-state index is 12.6. The zero-order chi connectivity index (χ0) is 17.8. The Kier molecular flexibility index (Phi) is 4.89. The summed E-state index contributed by atoms with van der Waals surface area (Å²) in [5.74, 6) is 0.768. The second-order valence-electron chi connectivity index (χ2n) is 6.16. The maximum atomic E-state index is 12.6. The van der Waals surface area contributed by atoms with Crippen molar-refractivity contribution < 1.29 is 4.79 Å². The van der Waals surface area contributed by atoms with Crippen molar-refractivity contribution in [2.75, 3.05) is 25.0 Å². The summed E-state index contributed by atoms with van der Waals surface area (Å²) < 4.78 is 0. The molecule has 0 aromatic carbocycles. The minimum Gasteiger partial charge on any atom is -0.355 e. The van der Waals surface area contributed by atoms with Gasteiger partial charge in [-0.25, -0.2) is 4.98 Å². The highest BCUT2D eigenvalue weighted by atomic mass is 16.2. The number of rotatable bonds is 3. The van der Waals surface area contributed by atoms with Gasteiger partial charge >= 0.3 is 0 Å². The number of anilines is 1. The molecule has 7 nitrogen and oxygen atoms in total. The number of carbonyl (C=O) groups excluding carboxylic acids is 1. The number of piperidine rings is 1. The molecule has 0 bridgehead atoms. The fourth-order valence-corrected chi connectivity index (χ4v) is 3.09. The number of hydrogen-bond donors (Lipinski definition) is 0. The van der Waals surface area contributed by atoms with Crippen LogP contribution in [0, 0.1) is 18.3 Å². The molecule has 1 amide bonds. The molecule has 2 aromatic heterocycles. The molecular weight excluding hydrogens is 316 g/mol. The first-order valence-electron chi connectivity index (χ1n) is 8.27. The van der Waals surface area contributed by atoms with E-state index in [-0.39, 0.29) is 5.91 Å². The van der Waals surface area contributed by atoms with Crippen LogP contribution < -0.4 is 4.90 Å². The molecule has 1 saturated heterocycles. The predicted octanol–water partition coefficient (Wildman–Crippen LogP) is 1.79. The molecule has 3 heterocycles. The summed E-state index contributed by atoms with van der Waals surface area (Å²) in [6.45, 7) is 3.10. The maximum Gasteiger partial charge on any atom is 0.272 e. The van der Waals surface area contributed by atoms with Crippen LogP contribution in [0.15, 0.2) is 30.5 Å². The molecule has 0 N–H and O–H groups in total. The van der Waals surface area contributed by atoms with Crippen molar-refractivity contribution in [2.24, 2.45) is 0 Å². The Morgan fingerprint density at radius 2 is 2.08 bits per heavy atom. The van der Waals surface area contributed by atoms with E-state index in [0.717, 1.165) is 18.7 Å². The van der Waals surface area contributed by atoms with Crippen LogP contribution in [0.1, 0.15) is 34.6 Å². The zero-order valence-corrected chi connectivity index (χ0v) is 14.4. The third-order valence-corrected chi connectivity index (χ3v) is 4.64. The summed E-state index contributed by atoms with van der Waals surface area (Å²) in [6.07, 6.45) is 3.40. The molecule has 0 aliphatic carbocycles. The van der Waals surface area contributed by atoms with Crippen molar-refractivity contribution in [1.29, 1.82) is 5.26 Å². The fraction of sp³-hybridized carbons (Fsp3) is 0.389. The van der Waals surface area contributed by atoms with E-state index in [1.54, 1.807) is 25.3 Å². The number of nitriles is 1. The lowest BCUT2D eigenvalue weighted by atomic mass is 10.0. The van der Waals surface area contributed by atoms with E-state index >= 15 is 0 Å². The molecule has 128 valence electrons. The largest absolute Gasteiger partial charge is 0.355 e. The lowest BCUT2D eigenvalue weighted by Crippen LogP contribution is -2.46. The van der Waals surface area contributed by atoms with Gasteiger partial charge in [-0.05, 0) is 44.0 Å². The fourth-order valence-electron chi connectivity index (χ4n) is 3.09. The van der Waals surface area contributed by atoms with Gasteiger partial charge in [0.2, 0.25) is 0 Å². The molecule has 0 spiro atoms. The Morgan fingerprint density at radius 3 is 2.68 bits per heavy atom. The quantitative estimate of drug-likeness (QED) is 0.849. The van der Waals surface area contributed by atoms with Gasteiger partial charge in [-0.3, -0.25) is 4.79 Å². The van der Waals surface area contributed by atoms with E-state index in [0.29, 0.717) is 36.1 Å². The Bertz CT molecular complexity index is 793. The highest BCUT2D eigenvalue weighted by Crippen LogP contribution is 2.21. The lowest BCUT2D eigenvalue weighted by molar-refractivity contribution is 0.0707. The van der Waals surface area contributed by atoms with E-state index in [1.807, 2.05) is 24.1 Å². The van der Waals surface area contributed by atoms with Gasteiger partial charge in [0.05, 0.1) is 11.3 Å². The van der Waals surface area contributed by atoms with Crippen LogP contribution in [0.3, 0.4) is 0 Å². The van der Waals surface area contributed by atoms with Crippen molar-refractivity contribution >= 4 is 11.7 Å². The van der Waals surface area contributed by atoms with Crippen LogP contribution >= 0.6 is 0 Å². The summed E-state index contributed by atoms with van der Waals surface area (Å²) in [5, 5.41) is 17.0. The van der Waals surface area contributed by atoms with Gasteiger partial charge < -0.3 is 9.80 Å². The molecule has 0 unspecified atom stereocenters. The molecule has 0 radical (unpaired) electrons. The number of aromatic nitrogens is 3. The van der Waals surface area contributed by atoms with Gasteiger partial charge in [-0.15, -0.1) is 5.10 Å². The average Bonchev–Trinajstić information content (AvgIpc) is 2.67. The van der Waals surface area contributed by atoms with Crippen molar-refractivity contribution in [3.63, 3.8) is 0 Å². The topological polar surface area (TPSA) is 86.0 Å². The van der Waals surface area contributed by atoms with Gasteiger partial charge in [0, 0.05) is 32.4 Å². The van der Waals surface area contributed by atoms with Gasteiger partial charge in [-0.1, -0.05) is 0 Å². The van der Waals surface area contributed by atoms with Crippen LogP contribution in [-0.2, 0) is 0 Å². The van der Waals surface area contributed by atoms with E-state index in [1.165, 1.54) is 0 Å². The third kappa shape index (κ3) is 3.58. The Labute approximate surface area is 146 Å². The number of amides is 1. The highest BCUT2D eigenvalue weighted by Gasteiger charge is 2.27. The van der Waals surface area contributed by atoms with Gasteiger partial charge in [-0.2, -0.15) is 10.4 Å². The first kappa shape index (κ1) is 16.8. The Hall–Kier alpha value is -3.01. The summed E-state index contributed by atoms with van der Waals surface area (Å²) in [4.78, 5) is 20.9. The van der Waals surface area contributed by atoms with Crippen molar-refractivity contribution in [3.05, 3.63) is 47.4 Å². The number of hydrogen-bond acceptors (Lipinski definition) is 6. The number of carbonyl (C=O) groups is 1. The SMILES string of the molecule is Cc1nc(C(=O)N2CCC(N(C)c3cccnn3)CC2)ccc1C#N. The second-order valence-corrected chi connectivity index (χ2v) is 6.16. The molecule has 3 rings (SSSR count). The van der Waals surface area contributed by atoms with E-state index < -0.39 is 0 Å². The molecule has 1 aliphatic heterocycles. The molecule has 0 atom stereocenters. The predicted molar refractivity (Wildman–Crippen MR) is 93.0 cm³/mol. The summed E-state index contributed by atoms with van der Waals surface area (Å²) in [7, 11) is 2.01. The molecular formula is C18H20N6O. The molecule has 7 heteroatoms. The number of pyridine rings is 1. The smallest absolute Gasteiger partial charge is 0.272 e. The Balaban J connectivity index is 1.63. The van der Waals surface area contributed by atoms with Crippen molar-refractivity contribution in [1.82, 2.24) is 20.1 Å². The average molecular weight is 336 g/mol. The molecule has 25 heavy (non-hydrogen) atoms. The van der Waals surface area contributed by atoms with Crippen molar-refractivity contribution in [2.45, 2.75) is 25.8 Å². The van der Waals surface area contributed by atoms with Crippen LogP contribution in [0.2, 0.25) is 0 Å². The third-order valence-electron chi connectivity index (χ3n) is 4.64. The highest BCUT2D eigenvalue weighted by molar-refractivity contribution is 5.92. The van der Waals surface area contributed by atoms with Gasteiger partial charge in [0.1, 0.15) is 11.8 Å². The van der Waals surface area contributed by atoms with Gasteiger partial charge in [0.25, 0.3) is 5.91 Å². The molecule has 2 aromatic rings. The minimum absolute atomic E-state index is 0.0757. The van der Waals surface area contributed by atoms with Crippen molar-refractivity contribution in [3.8, 4) is 6.07 Å². The van der Waals surface area contributed by atoms with Crippen LogP contribution in [-0.4, -0.2) is 52.2 Å². The summed E-state index contributed by atoms with van der Waals surface area (Å²) >= 11 is 0.